The van der Waals surface area contributed by atoms with Crippen molar-refractivity contribution >= 4 is 23.4 Å². The summed E-state index contributed by atoms with van der Waals surface area (Å²) in [5.74, 6) is -3.18. The van der Waals surface area contributed by atoms with Gasteiger partial charge >= 0.3 is 5.97 Å². The average Bonchev–Trinajstić information content (AvgIpc) is 2.29. The lowest BCUT2D eigenvalue weighted by molar-refractivity contribution is -0.134. The number of aliphatic hydroxyl groups excluding tert-OH is 1. The smallest absolute Gasteiger partial charge is 0.343 e. The molecule has 1 aliphatic heterocycles. The van der Waals surface area contributed by atoms with E-state index < -0.39 is 23.1 Å². The Bertz CT molecular complexity index is 541. The molecule has 18 heavy (non-hydrogen) atoms. The molecule has 0 bridgehead atoms. The zero-order chi connectivity index (χ0) is 13.6. The number of Topliss-reactive ketones (excluding diaryl/α,β-unsaturated/α-hetero) is 1. The molecule has 2 unspecified atom stereocenters. The average molecular weight is 271 g/mol. The fourth-order valence-corrected chi connectivity index (χ4v) is 2.38. The number of carbonyl (C=O) groups is 2. The predicted molar refractivity (Wildman–Crippen MR) is 63.0 cm³/mol. The topological polar surface area (TPSA) is 83.8 Å². The van der Waals surface area contributed by atoms with Crippen LogP contribution in [0.15, 0.2) is 33.8 Å². The summed E-state index contributed by atoms with van der Waals surface area (Å²) in [6.07, 6.45) is 1.00. The van der Waals surface area contributed by atoms with E-state index in [4.69, 9.17) is 21.4 Å². The highest BCUT2D eigenvalue weighted by atomic mass is 35.5. The molecule has 96 valence electrons. The van der Waals surface area contributed by atoms with Crippen molar-refractivity contribution in [2.45, 2.75) is 20.0 Å². The van der Waals surface area contributed by atoms with Crippen LogP contribution in [0, 0.1) is 5.92 Å². The van der Waals surface area contributed by atoms with Gasteiger partial charge in [0.15, 0.2) is 11.3 Å². The maximum Gasteiger partial charge on any atom is 0.343 e. The first-order valence-corrected chi connectivity index (χ1v) is 5.71. The second-order valence-corrected chi connectivity index (χ2v) is 4.62. The first-order chi connectivity index (χ1) is 8.36. The molecule has 5 nitrogen and oxygen atoms in total. The van der Waals surface area contributed by atoms with Gasteiger partial charge in [-0.3, -0.25) is 4.79 Å². The molecule has 0 radical (unpaired) electrons. The molecule has 1 heterocycles. The third kappa shape index (κ3) is 1.62. The van der Waals surface area contributed by atoms with Crippen molar-refractivity contribution in [3.63, 3.8) is 0 Å². The Balaban J connectivity index is 2.69. The van der Waals surface area contributed by atoms with Gasteiger partial charge in [0.05, 0.1) is 16.9 Å². The second kappa shape index (κ2) is 4.17. The summed E-state index contributed by atoms with van der Waals surface area (Å²) in [6.45, 7) is 3.59. The van der Waals surface area contributed by atoms with Gasteiger partial charge in [-0.15, -0.1) is 0 Å². The number of halogens is 1. The standard InChI is InChI=1S/C12H11ClO5/c1-4-5(2)18-3-6-7(4)9(13)11(15)8(10(6)14)12(16)17/h3-5,15H,1-2H3,(H,16,17). The van der Waals surface area contributed by atoms with Gasteiger partial charge in [-0.05, 0) is 12.5 Å². The quantitative estimate of drug-likeness (QED) is 0.711. The summed E-state index contributed by atoms with van der Waals surface area (Å²) in [5.41, 5.74) is -0.191. The van der Waals surface area contributed by atoms with Gasteiger partial charge in [-0.1, -0.05) is 18.5 Å². The number of allylic oxidation sites excluding steroid dienone is 2. The number of carboxylic acids is 1. The summed E-state index contributed by atoms with van der Waals surface area (Å²) in [4.78, 5) is 22.9. The summed E-state index contributed by atoms with van der Waals surface area (Å²) < 4.78 is 5.27. The predicted octanol–water partition coefficient (Wildman–Crippen LogP) is 1.90. The second-order valence-electron chi connectivity index (χ2n) is 4.25. The normalized spacial score (nSPS) is 27.7. The third-order valence-electron chi connectivity index (χ3n) is 3.22. The van der Waals surface area contributed by atoms with Crippen LogP contribution in [0.3, 0.4) is 0 Å². The monoisotopic (exact) mass is 270 g/mol. The van der Waals surface area contributed by atoms with E-state index in [2.05, 4.69) is 0 Å². The zero-order valence-corrected chi connectivity index (χ0v) is 10.5. The van der Waals surface area contributed by atoms with Gasteiger partial charge in [0.2, 0.25) is 5.78 Å². The summed E-state index contributed by atoms with van der Waals surface area (Å²) in [7, 11) is 0. The highest BCUT2D eigenvalue weighted by Gasteiger charge is 2.40. The van der Waals surface area contributed by atoms with Crippen molar-refractivity contribution in [2.75, 3.05) is 0 Å². The number of fused-ring (bicyclic) bond motifs is 1. The fourth-order valence-electron chi connectivity index (χ4n) is 2.01. The van der Waals surface area contributed by atoms with Gasteiger partial charge in [0.25, 0.3) is 0 Å². The summed E-state index contributed by atoms with van der Waals surface area (Å²) in [5, 5.41) is 18.6. The zero-order valence-electron chi connectivity index (χ0n) is 9.73. The maximum absolute atomic E-state index is 12.0. The maximum atomic E-state index is 12.0. The Morgan fingerprint density at radius 3 is 2.61 bits per heavy atom. The Morgan fingerprint density at radius 1 is 1.44 bits per heavy atom. The molecule has 0 saturated heterocycles. The lowest BCUT2D eigenvalue weighted by Crippen LogP contribution is -2.32. The summed E-state index contributed by atoms with van der Waals surface area (Å²) >= 11 is 5.96. The van der Waals surface area contributed by atoms with Crippen molar-refractivity contribution in [3.8, 4) is 0 Å². The number of aliphatic carboxylic acids is 1. The van der Waals surface area contributed by atoms with E-state index in [1.807, 2.05) is 0 Å². The van der Waals surface area contributed by atoms with E-state index in [0.29, 0.717) is 5.57 Å². The highest BCUT2D eigenvalue weighted by molar-refractivity contribution is 6.37. The van der Waals surface area contributed by atoms with Crippen LogP contribution in [0.1, 0.15) is 13.8 Å². The number of rotatable bonds is 1. The minimum absolute atomic E-state index is 0.0964. The van der Waals surface area contributed by atoms with Gasteiger partial charge in [-0.25, -0.2) is 4.79 Å². The molecular weight excluding hydrogens is 260 g/mol. The fraction of sp³-hybridized carbons (Fsp3) is 0.333. The minimum atomic E-state index is -1.51. The van der Waals surface area contributed by atoms with Crippen molar-refractivity contribution in [2.24, 2.45) is 5.92 Å². The highest BCUT2D eigenvalue weighted by Crippen LogP contribution is 2.41. The molecule has 2 atom stereocenters. The van der Waals surface area contributed by atoms with E-state index in [9.17, 15) is 14.7 Å². The number of hydrogen-bond acceptors (Lipinski definition) is 4. The molecule has 2 rings (SSSR count). The van der Waals surface area contributed by atoms with Crippen molar-refractivity contribution in [3.05, 3.63) is 33.8 Å². The molecule has 0 amide bonds. The van der Waals surface area contributed by atoms with E-state index in [0.717, 1.165) is 0 Å². The lowest BCUT2D eigenvalue weighted by Gasteiger charge is -2.31. The molecule has 0 aromatic heterocycles. The van der Waals surface area contributed by atoms with Crippen molar-refractivity contribution < 1.29 is 24.5 Å². The number of hydrogen-bond donors (Lipinski definition) is 2. The van der Waals surface area contributed by atoms with E-state index in [1.165, 1.54) is 6.26 Å². The SMILES string of the molecule is CC1OC=C2C(=O)C(C(=O)O)=C(O)C(Cl)=C2C1C. The number of carboxylic acid groups (broad SMARTS) is 1. The van der Waals surface area contributed by atoms with Crippen LogP contribution in [0.4, 0.5) is 0 Å². The Morgan fingerprint density at radius 2 is 2.06 bits per heavy atom. The van der Waals surface area contributed by atoms with Crippen molar-refractivity contribution in [1.82, 2.24) is 0 Å². The van der Waals surface area contributed by atoms with Crippen LogP contribution in [-0.2, 0) is 14.3 Å². The van der Waals surface area contributed by atoms with Crippen LogP contribution in [0.25, 0.3) is 0 Å². The third-order valence-corrected chi connectivity index (χ3v) is 3.60. The van der Waals surface area contributed by atoms with Crippen LogP contribution >= 0.6 is 11.6 Å². The number of aliphatic hydroxyl groups is 1. The lowest BCUT2D eigenvalue weighted by atomic mass is 9.81. The molecule has 2 N–H and O–H groups in total. The molecule has 2 aliphatic rings. The van der Waals surface area contributed by atoms with Gasteiger partial charge in [0.1, 0.15) is 6.10 Å². The van der Waals surface area contributed by atoms with Gasteiger partial charge in [-0.2, -0.15) is 0 Å². The molecule has 0 spiro atoms. The van der Waals surface area contributed by atoms with Crippen LogP contribution in [-0.4, -0.2) is 28.1 Å². The molecule has 0 fully saturated rings. The summed E-state index contributed by atoms with van der Waals surface area (Å²) in [6, 6.07) is 0. The molecule has 6 heteroatoms. The molecule has 0 aromatic rings. The van der Waals surface area contributed by atoms with Crippen molar-refractivity contribution in [1.29, 1.82) is 0 Å². The van der Waals surface area contributed by atoms with E-state index in [1.54, 1.807) is 13.8 Å². The Kier molecular flexibility index (Phi) is 2.94. The first-order valence-electron chi connectivity index (χ1n) is 5.33. The Hall–Kier alpha value is -1.75. The molecule has 0 aromatic carbocycles. The number of ether oxygens (including phenoxy) is 1. The molecule has 0 saturated carbocycles. The van der Waals surface area contributed by atoms with Crippen LogP contribution in [0.5, 0.6) is 0 Å². The molecule has 1 aliphatic carbocycles. The van der Waals surface area contributed by atoms with E-state index in [-0.39, 0.29) is 22.6 Å². The minimum Gasteiger partial charge on any atom is -0.505 e. The number of carbonyl (C=O) groups excluding carboxylic acids is 1. The van der Waals surface area contributed by atoms with Crippen LogP contribution in [0.2, 0.25) is 0 Å². The molecular formula is C12H11ClO5. The van der Waals surface area contributed by atoms with Gasteiger partial charge in [0, 0.05) is 5.92 Å². The Labute approximate surface area is 108 Å². The number of ketones is 1. The largest absolute Gasteiger partial charge is 0.505 e. The first kappa shape index (κ1) is 12.7. The van der Waals surface area contributed by atoms with Gasteiger partial charge < -0.3 is 14.9 Å². The van der Waals surface area contributed by atoms with Crippen LogP contribution < -0.4 is 0 Å². The van der Waals surface area contributed by atoms with E-state index >= 15 is 0 Å².